The number of hydrazine groups is 1. The molecular formula is C7H15N3O3. The Morgan fingerprint density at radius 2 is 2.00 bits per heavy atom. The molecule has 1 atom stereocenters. The Kier molecular flexibility index (Phi) is 4.83. The molecule has 2 amide bonds. The number of carboxylic acids is 1. The van der Waals surface area contributed by atoms with Gasteiger partial charge < -0.3 is 10.4 Å². The Bertz CT molecular complexity index is 193. The number of nitrogens with one attached hydrogen (secondary N) is 2. The molecule has 0 radical (unpaired) electrons. The molecule has 6 nitrogen and oxygen atoms in total. The van der Waals surface area contributed by atoms with Crippen LogP contribution >= 0.6 is 0 Å². The molecule has 3 N–H and O–H groups in total. The highest BCUT2D eigenvalue weighted by atomic mass is 16.4. The van der Waals surface area contributed by atoms with Crippen LogP contribution in [-0.2, 0) is 4.79 Å². The van der Waals surface area contributed by atoms with Crippen LogP contribution in [0.15, 0.2) is 0 Å². The third-order valence-electron chi connectivity index (χ3n) is 1.32. The van der Waals surface area contributed by atoms with Crippen LogP contribution in [0, 0.1) is 5.92 Å². The largest absolute Gasteiger partial charge is 0.481 e. The molecule has 0 aliphatic rings. The molecule has 0 heterocycles. The number of amides is 2. The van der Waals surface area contributed by atoms with Crippen molar-refractivity contribution in [2.24, 2.45) is 5.92 Å². The Hall–Kier alpha value is -1.30. The smallest absolute Gasteiger partial charge is 0.329 e. The molecule has 0 saturated heterocycles. The molecule has 0 bridgehead atoms. The summed E-state index contributed by atoms with van der Waals surface area (Å²) in [6.07, 6.45) is 0. The highest BCUT2D eigenvalue weighted by Crippen LogP contribution is 1.90. The average Bonchev–Trinajstić information content (AvgIpc) is 1.98. The first-order valence-electron chi connectivity index (χ1n) is 3.88. The number of rotatable bonds is 4. The van der Waals surface area contributed by atoms with Gasteiger partial charge in [-0.25, -0.2) is 9.80 Å². The first-order valence-corrected chi connectivity index (χ1v) is 3.88. The van der Waals surface area contributed by atoms with Gasteiger partial charge in [0.2, 0.25) is 0 Å². The van der Waals surface area contributed by atoms with Crippen LogP contribution in [0.2, 0.25) is 0 Å². The summed E-state index contributed by atoms with van der Waals surface area (Å²) in [6.45, 7) is 1.65. The second kappa shape index (κ2) is 5.36. The fraction of sp³-hybridized carbons (Fsp3) is 0.714. The average molecular weight is 189 g/mol. The quantitative estimate of drug-likeness (QED) is 0.520. The Morgan fingerprint density at radius 3 is 2.38 bits per heavy atom. The summed E-state index contributed by atoms with van der Waals surface area (Å²) >= 11 is 0. The van der Waals surface area contributed by atoms with Crippen molar-refractivity contribution in [3.63, 3.8) is 0 Å². The zero-order valence-corrected chi connectivity index (χ0v) is 8.00. The van der Waals surface area contributed by atoms with Crippen molar-refractivity contribution in [2.75, 3.05) is 20.6 Å². The number of urea groups is 1. The number of hydrogen-bond acceptors (Lipinski definition) is 3. The van der Waals surface area contributed by atoms with Crippen LogP contribution in [0.3, 0.4) is 0 Å². The summed E-state index contributed by atoms with van der Waals surface area (Å²) < 4.78 is 0. The predicted molar refractivity (Wildman–Crippen MR) is 47.0 cm³/mol. The summed E-state index contributed by atoms with van der Waals surface area (Å²) in [7, 11) is 3.33. The summed E-state index contributed by atoms with van der Waals surface area (Å²) in [5.41, 5.74) is 2.43. The van der Waals surface area contributed by atoms with Gasteiger partial charge in [-0.05, 0) is 0 Å². The number of aliphatic carboxylic acids is 1. The lowest BCUT2D eigenvalue weighted by atomic mass is 10.2. The fourth-order valence-electron chi connectivity index (χ4n) is 0.576. The fourth-order valence-corrected chi connectivity index (χ4v) is 0.576. The lowest BCUT2D eigenvalue weighted by Crippen LogP contribution is -2.45. The van der Waals surface area contributed by atoms with Crippen molar-refractivity contribution >= 4 is 12.0 Å². The van der Waals surface area contributed by atoms with E-state index in [4.69, 9.17) is 5.11 Å². The molecule has 0 aliphatic heterocycles. The number of carbonyl (C=O) groups is 2. The van der Waals surface area contributed by atoms with Gasteiger partial charge >= 0.3 is 12.0 Å². The van der Waals surface area contributed by atoms with Gasteiger partial charge in [-0.2, -0.15) is 0 Å². The molecule has 13 heavy (non-hydrogen) atoms. The van der Waals surface area contributed by atoms with E-state index in [1.165, 1.54) is 11.9 Å². The molecule has 0 rings (SSSR count). The van der Waals surface area contributed by atoms with Crippen molar-refractivity contribution in [2.45, 2.75) is 6.92 Å². The molecular weight excluding hydrogens is 174 g/mol. The molecule has 76 valence electrons. The third kappa shape index (κ3) is 5.92. The van der Waals surface area contributed by atoms with Crippen LogP contribution in [0.4, 0.5) is 4.79 Å². The molecule has 6 heteroatoms. The SMILES string of the molecule is CC(CNC(=O)NN(C)C)C(=O)O. The third-order valence-corrected chi connectivity index (χ3v) is 1.32. The van der Waals surface area contributed by atoms with E-state index in [2.05, 4.69) is 10.7 Å². The standard InChI is InChI=1S/C7H15N3O3/c1-5(6(11)12)4-8-7(13)9-10(2)3/h5H,4H2,1-3H3,(H,11,12)(H2,8,9,13). The summed E-state index contributed by atoms with van der Waals surface area (Å²) in [6, 6.07) is -0.405. The van der Waals surface area contributed by atoms with Crippen LogP contribution < -0.4 is 10.7 Å². The lowest BCUT2D eigenvalue weighted by molar-refractivity contribution is -0.140. The van der Waals surface area contributed by atoms with E-state index in [0.29, 0.717) is 0 Å². The monoisotopic (exact) mass is 189 g/mol. The number of hydrogen-bond donors (Lipinski definition) is 3. The van der Waals surface area contributed by atoms with Crippen LogP contribution in [0.1, 0.15) is 6.92 Å². The van der Waals surface area contributed by atoms with Gasteiger partial charge in [0.25, 0.3) is 0 Å². The van der Waals surface area contributed by atoms with Gasteiger partial charge in [-0.15, -0.1) is 0 Å². The number of nitrogens with zero attached hydrogens (tertiary/aromatic N) is 1. The van der Waals surface area contributed by atoms with Crippen molar-refractivity contribution < 1.29 is 14.7 Å². The maximum Gasteiger partial charge on any atom is 0.329 e. The second-order valence-corrected chi connectivity index (χ2v) is 2.96. The van der Waals surface area contributed by atoms with E-state index in [-0.39, 0.29) is 6.54 Å². The summed E-state index contributed by atoms with van der Waals surface area (Å²) in [4.78, 5) is 21.3. The maximum atomic E-state index is 10.9. The zero-order valence-electron chi connectivity index (χ0n) is 8.00. The van der Waals surface area contributed by atoms with Crippen LogP contribution in [0.5, 0.6) is 0 Å². The topological polar surface area (TPSA) is 81.7 Å². The zero-order chi connectivity index (χ0) is 10.4. The Balaban J connectivity index is 3.64. The molecule has 0 fully saturated rings. The molecule has 0 aliphatic carbocycles. The highest BCUT2D eigenvalue weighted by Gasteiger charge is 2.11. The number of carboxylic acid groups (broad SMARTS) is 1. The van der Waals surface area contributed by atoms with Crippen molar-refractivity contribution in [1.82, 2.24) is 15.8 Å². The lowest BCUT2D eigenvalue weighted by Gasteiger charge is -2.13. The number of carbonyl (C=O) groups excluding carboxylic acids is 1. The molecule has 0 saturated carbocycles. The minimum absolute atomic E-state index is 0.120. The first kappa shape index (κ1) is 11.7. The van der Waals surface area contributed by atoms with Crippen LogP contribution in [0.25, 0.3) is 0 Å². The van der Waals surface area contributed by atoms with Gasteiger partial charge in [0, 0.05) is 20.6 Å². The van der Waals surface area contributed by atoms with E-state index in [9.17, 15) is 9.59 Å². The van der Waals surface area contributed by atoms with Crippen molar-refractivity contribution in [3.05, 3.63) is 0 Å². The van der Waals surface area contributed by atoms with Gasteiger partial charge in [0.1, 0.15) is 0 Å². The predicted octanol–water partition coefficient (Wildman–Crippen LogP) is -0.517. The maximum absolute atomic E-state index is 10.9. The minimum atomic E-state index is -0.926. The molecule has 1 unspecified atom stereocenters. The van der Waals surface area contributed by atoms with E-state index < -0.39 is 17.9 Å². The molecule has 0 spiro atoms. The second-order valence-electron chi connectivity index (χ2n) is 2.96. The summed E-state index contributed by atoms with van der Waals surface area (Å²) in [5, 5.41) is 12.4. The van der Waals surface area contributed by atoms with E-state index in [1.807, 2.05) is 0 Å². The van der Waals surface area contributed by atoms with Crippen molar-refractivity contribution in [1.29, 1.82) is 0 Å². The summed E-state index contributed by atoms with van der Waals surface area (Å²) in [5.74, 6) is -1.50. The van der Waals surface area contributed by atoms with E-state index in [0.717, 1.165) is 0 Å². The van der Waals surface area contributed by atoms with Gasteiger partial charge in [-0.1, -0.05) is 6.92 Å². The Labute approximate surface area is 76.9 Å². The molecule has 0 aromatic heterocycles. The molecule has 0 aromatic carbocycles. The minimum Gasteiger partial charge on any atom is -0.481 e. The highest BCUT2D eigenvalue weighted by molar-refractivity contribution is 5.75. The van der Waals surface area contributed by atoms with Gasteiger partial charge in [0.15, 0.2) is 0 Å². The van der Waals surface area contributed by atoms with Crippen molar-refractivity contribution in [3.8, 4) is 0 Å². The molecule has 0 aromatic rings. The first-order chi connectivity index (χ1) is 5.93. The van der Waals surface area contributed by atoms with E-state index >= 15 is 0 Å². The Morgan fingerprint density at radius 1 is 1.46 bits per heavy atom. The van der Waals surface area contributed by atoms with Crippen LogP contribution in [-0.4, -0.2) is 42.8 Å². The van der Waals surface area contributed by atoms with E-state index in [1.54, 1.807) is 14.1 Å². The van der Waals surface area contributed by atoms with Gasteiger partial charge in [-0.3, -0.25) is 10.2 Å². The van der Waals surface area contributed by atoms with Gasteiger partial charge in [0.05, 0.1) is 5.92 Å². The normalized spacial score (nSPS) is 12.3.